The van der Waals surface area contributed by atoms with Gasteiger partial charge in [-0.15, -0.1) is 11.6 Å². The van der Waals surface area contributed by atoms with E-state index >= 15 is 0 Å². The van der Waals surface area contributed by atoms with Crippen LogP contribution in [0.1, 0.15) is 44.3 Å². The molecule has 1 aliphatic rings. The molecule has 1 fully saturated rings. The third-order valence-electron chi connectivity index (χ3n) is 3.34. The Bertz CT molecular complexity index is 356. The van der Waals surface area contributed by atoms with Crippen LogP contribution in [-0.2, 0) is 16.2 Å². The van der Waals surface area contributed by atoms with Crippen LogP contribution < -0.4 is 0 Å². The third kappa shape index (κ3) is 2.09. The van der Waals surface area contributed by atoms with Gasteiger partial charge in [0.05, 0.1) is 0 Å². The van der Waals surface area contributed by atoms with E-state index in [0.29, 0.717) is 17.6 Å². The zero-order chi connectivity index (χ0) is 11.6. The summed E-state index contributed by atoms with van der Waals surface area (Å²) in [4.78, 5) is 4.30. The molecule has 1 saturated carbocycles. The van der Waals surface area contributed by atoms with Crippen molar-refractivity contribution in [2.45, 2.75) is 44.1 Å². The summed E-state index contributed by atoms with van der Waals surface area (Å²) in [6, 6.07) is 0. The quantitative estimate of drug-likeness (QED) is 0.767. The van der Waals surface area contributed by atoms with E-state index in [1.807, 2.05) is 0 Å². The number of halogens is 1. The monoisotopic (exact) mass is 244 g/mol. The number of alkyl halides is 1. The second kappa shape index (κ2) is 4.72. The summed E-state index contributed by atoms with van der Waals surface area (Å²) in [5.74, 6) is 2.00. The molecule has 2 atom stereocenters. The van der Waals surface area contributed by atoms with Crippen molar-refractivity contribution in [1.29, 1.82) is 0 Å². The molecule has 4 nitrogen and oxygen atoms in total. The normalized spacial score (nSPS) is 30.6. The van der Waals surface area contributed by atoms with Crippen LogP contribution in [0, 0.1) is 5.92 Å². The number of hydrogen-bond acceptors (Lipinski definition) is 4. The fourth-order valence-electron chi connectivity index (χ4n) is 2.48. The number of ether oxygens (including phenoxy) is 1. The summed E-state index contributed by atoms with van der Waals surface area (Å²) in [7, 11) is 1.72. The molecule has 2 rings (SSSR count). The molecule has 0 N–H and O–H groups in total. The fraction of sp³-hybridized carbons (Fsp3) is 0.818. The van der Waals surface area contributed by atoms with E-state index in [1.54, 1.807) is 7.11 Å². The molecule has 0 bridgehead atoms. The molecule has 0 aromatic carbocycles. The van der Waals surface area contributed by atoms with Crippen molar-refractivity contribution in [3.8, 4) is 0 Å². The van der Waals surface area contributed by atoms with E-state index < -0.39 is 0 Å². The van der Waals surface area contributed by atoms with Crippen LogP contribution in [0.15, 0.2) is 4.52 Å². The summed E-state index contributed by atoms with van der Waals surface area (Å²) < 4.78 is 10.7. The number of methoxy groups -OCH3 is 1. The average Bonchev–Trinajstić information content (AvgIpc) is 2.78. The number of nitrogens with zero attached hydrogens (tertiary/aromatic N) is 2. The minimum Gasteiger partial charge on any atom is -0.370 e. The molecule has 1 aliphatic carbocycles. The predicted molar refractivity (Wildman–Crippen MR) is 60.2 cm³/mol. The summed E-state index contributed by atoms with van der Waals surface area (Å²) in [6.45, 7) is 2.23. The lowest BCUT2D eigenvalue weighted by Crippen LogP contribution is -2.35. The highest BCUT2D eigenvalue weighted by atomic mass is 35.5. The topological polar surface area (TPSA) is 48.2 Å². The molecule has 5 heteroatoms. The van der Waals surface area contributed by atoms with Gasteiger partial charge in [-0.05, 0) is 25.2 Å². The van der Waals surface area contributed by atoms with E-state index in [2.05, 4.69) is 17.1 Å². The van der Waals surface area contributed by atoms with Crippen molar-refractivity contribution in [1.82, 2.24) is 10.1 Å². The molecule has 1 aromatic heterocycles. The number of hydrogen-bond donors (Lipinski definition) is 0. The Balaban J connectivity index is 2.25. The highest BCUT2D eigenvalue weighted by Crippen LogP contribution is 2.41. The highest BCUT2D eigenvalue weighted by molar-refractivity contribution is 6.16. The number of aromatic nitrogens is 2. The largest absolute Gasteiger partial charge is 0.370 e. The molecular weight excluding hydrogens is 228 g/mol. The predicted octanol–water partition coefficient (Wildman–Crippen LogP) is 2.86. The van der Waals surface area contributed by atoms with Crippen LogP contribution in [0.2, 0.25) is 0 Å². The van der Waals surface area contributed by atoms with E-state index in [1.165, 1.54) is 6.42 Å². The summed E-state index contributed by atoms with van der Waals surface area (Å²) in [5, 5.41) is 3.99. The molecule has 0 aliphatic heterocycles. The lowest BCUT2D eigenvalue weighted by Gasteiger charge is -2.36. The van der Waals surface area contributed by atoms with Gasteiger partial charge in [0.1, 0.15) is 11.5 Å². The standard InChI is InChI=1S/C11H17ClN2O2/c1-8-4-3-5-11(6-8,15-2)10-13-9(7-12)16-14-10/h8H,3-7H2,1-2H3. The second-order valence-electron chi connectivity index (χ2n) is 4.55. The van der Waals surface area contributed by atoms with Gasteiger partial charge in [0.15, 0.2) is 0 Å². The molecule has 0 spiro atoms. The minimum atomic E-state index is -0.370. The first-order chi connectivity index (χ1) is 7.70. The molecule has 0 amide bonds. The summed E-state index contributed by atoms with van der Waals surface area (Å²) in [5.41, 5.74) is -0.370. The van der Waals surface area contributed by atoms with Gasteiger partial charge in [-0.1, -0.05) is 18.5 Å². The van der Waals surface area contributed by atoms with E-state index in [4.69, 9.17) is 20.9 Å². The maximum absolute atomic E-state index is 5.66. The maximum Gasteiger partial charge on any atom is 0.241 e. The smallest absolute Gasteiger partial charge is 0.241 e. The van der Waals surface area contributed by atoms with Crippen molar-refractivity contribution >= 4 is 11.6 Å². The Morgan fingerprint density at radius 2 is 2.44 bits per heavy atom. The minimum absolute atomic E-state index is 0.252. The average molecular weight is 245 g/mol. The molecule has 16 heavy (non-hydrogen) atoms. The van der Waals surface area contributed by atoms with Gasteiger partial charge in [-0.2, -0.15) is 4.98 Å². The first-order valence-electron chi connectivity index (χ1n) is 5.64. The Morgan fingerprint density at radius 1 is 1.62 bits per heavy atom. The van der Waals surface area contributed by atoms with Gasteiger partial charge < -0.3 is 9.26 Å². The van der Waals surface area contributed by atoms with Gasteiger partial charge in [0.25, 0.3) is 0 Å². The van der Waals surface area contributed by atoms with Crippen molar-refractivity contribution in [3.63, 3.8) is 0 Å². The molecular formula is C11H17ClN2O2. The molecule has 1 heterocycles. The van der Waals surface area contributed by atoms with Gasteiger partial charge in [-0.25, -0.2) is 0 Å². The SMILES string of the molecule is COC1(c2noc(CCl)n2)CCCC(C)C1. The number of rotatable bonds is 3. The van der Waals surface area contributed by atoms with Gasteiger partial charge >= 0.3 is 0 Å². The summed E-state index contributed by atoms with van der Waals surface area (Å²) >= 11 is 5.66. The lowest BCUT2D eigenvalue weighted by molar-refractivity contribution is -0.0658. The van der Waals surface area contributed by atoms with Gasteiger partial charge in [0.2, 0.25) is 11.7 Å². The Kier molecular flexibility index (Phi) is 3.50. The van der Waals surface area contributed by atoms with Crippen LogP contribution in [0.25, 0.3) is 0 Å². The van der Waals surface area contributed by atoms with Gasteiger partial charge in [0, 0.05) is 7.11 Å². The fourth-order valence-corrected chi connectivity index (χ4v) is 2.59. The van der Waals surface area contributed by atoms with Gasteiger partial charge in [-0.3, -0.25) is 0 Å². The first kappa shape index (κ1) is 11.9. The summed E-state index contributed by atoms with van der Waals surface area (Å²) in [6.07, 6.45) is 4.28. The maximum atomic E-state index is 5.66. The molecule has 0 saturated heterocycles. The van der Waals surface area contributed by atoms with Crippen molar-refractivity contribution in [2.75, 3.05) is 7.11 Å². The van der Waals surface area contributed by atoms with Crippen molar-refractivity contribution in [2.24, 2.45) is 5.92 Å². The van der Waals surface area contributed by atoms with Crippen molar-refractivity contribution < 1.29 is 9.26 Å². The van der Waals surface area contributed by atoms with E-state index in [0.717, 1.165) is 19.3 Å². The Hall–Kier alpha value is -0.610. The van der Waals surface area contributed by atoms with E-state index in [-0.39, 0.29) is 11.5 Å². The Morgan fingerprint density at radius 3 is 3.00 bits per heavy atom. The highest BCUT2D eigenvalue weighted by Gasteiger charge is 2.40. The zero-order valence-corrected chi connectivity index (χ0v) is 10.5. The van der Waals surface area contributed by atoms with Crippen LogP contribution in [0.5, 0.6) is 0 Å². The molecule has 90 valence electrons. The zero-order valence-electron chi connectivity index (χ0n) is 9.70. The Labute approximate surface area is 100 Å². The lowest BCUT2D eigenvalue weighted by atomic mass is 9.78. The third-order valence-corrected chi connectivity index (χ3v) is 3.57. The van der Waals surface area contributed by atoms with Crippen LogP contribution in [0.4, 0.5) is 0 Å². The van der Waals surface area contributed by atoms with Crippen LogP contribution in [-0.4, -0.2) is 17.3 Å². The molecule has 2 unspecified atom stereocenters. The second-order valence-corrected chi connectivity index (χ2v) is 4.81. The molecule has 0 radical (unpaired) electrons. The van der Waals surface area contributed by atoms with Crippen LogP contribution in [0.3, 0.4) is 0 Å². The van der Waals surface area contributed by atoms with E-state index in [9.17, 15) is 0 Å². The molecule has 1 aromatic rings. The van der Waals surface area contributed by atoms with Crippen LogP contribution >= 0.6 is 11.6 Å². The first-order valence-corrected chi connectivity index (χ1v) is 6.18. The van der Waals surface area contributed by atoms with Crippen molar-refractivity contribution in [3.05, 3.63) is 11.7 Å².